The van der Waals surface area contributed by atoms with Gasteiger partial charge in [0.25, 0.3) is 0 Å². The lowest BCUT2D eigenvalue weighted by Gasteiger charge is -2.31. The molecule has 1 N–H and O–H groups in total. The van der Waals surface area contributed by atoms with Crippen LogP contribution in [0.5, 0.6) is 5.75 Å². The summed E-state index contributed by atoms with van der Waals surface area (Å²) in [5.74, 6) is -0.470. The maximum absolute atomic E-state index is 13.5. The van der Waals surface area contributed by atoms with Gasteiger partial charge in [0, 0.05) is 17.6 Å². The Morgan fingerprint density at radius 2 is 1.91 bits per heavy atom. The Bertz CT molecular complexity index is 1130. The quantitative estimate of drug-likeness (QED) is 0.440. The van der Waals surface area contributed by atoms with Crippen molar-refractivity contribution in [1.82, 2.24) is 10.2 Å². The van der Waals surface area contributed by atoms with Crippen LogP contribution in [0.3, 0.4) is 0 Å². The number of methoxy groups -OCH3 is 1. The van der Waals surface area contributed by atoms with E-state index in [1.54, 1.807) is 6.92 Å². The second-order valence-electron chi connectivity index (χ2n) is 7.71. The number of nitrogens with zero attached hydrogens (tertiary/aromatic N) is 2. The maximum Gasteiger partial charge on any atom is 0.244 e. The molecule has 0 bridgehead atoms. The number of rotatable bonds is 11. The Morgan fingerprint density at radius 1 is 1.21 bits per heavy atom. The first-order chi connectivity index (χ1) is 16.0. The fourth-order valence-electron chi connectivity index (χ4n) is 3.23. The average molecular weight is 575 g/mol. The van der Waals surface area contributed by atoms with E-state index in [1.807, 2.05) is 31.2 Å². The average Bonchev–Trinajstić information content (AvgIpc) is 2.78. The molecule has 0 saturated carbocycles. The largest absolute Gasteiger partial charge is 0.495 e. The SMILES string of the molecule is CCCNC(=O)[C@@H](C)N(Cc1cccc(Br)c1)C(=O)CN(c1ccc(OC)c(Cl)c1)S(C)(=O)=O. The molecule has 2 rings (SSSR count). The molecule has 2 aromatic rings. The van der Waals surface area contributed by atoms with E-state index in [0.717, 1.165) is 27.0 Å². The Morgan fingerprint density at radius 3 is 2.47 bits per heavy atom. The second kappa shape index (κ2) is 12.4. The number of carbonyl (C=O) groups excluding carboxylic acids is 2. The zero-order chi connectivity index (χ0) is 25.5. The van der Waals surface area contributed by atoms with Gasteiger partial charge in [-0.05, 0) is 49.2 Å². The van der Waals surface area contributed by atoms with E-state index in [1.165, 1.54) is 30.2 Å². The first-order valence-corrected chi connectivity index (χ1v) is 13.6. The fraction of sp³-hybridized carbons (Fsp3) is 0.391. The van der Waals surface area contributed by atoms with Gasteiger partial charge in [0.15, 0.2) is 0 Å². The van der Waals surface area contributed by atoms with Crippen molar-refractivity contribution < 1.29 is 22.7 Å². The van der Waals surface area contributed by atoms with Gasteiger partial charge in [0.05, 0.1) is 24.1 Å². The number of hydrogen-bond donors (Lipinski definition) is 1. The number of halogens is 2. The Balaban J connectivity index is 2.40. The Hall–Kier alpha value is -2.30. The van der Waals surface area contributed by atoms with E-state index in [2.05, 4.69) is 21.2 Å². The van der Waals surface area contributed by atoms with Gasteiger partial charge in [-0.3, -0.25) is 13.9 Å². The van der Waals surface area contributed by atoms with Gasteiger partial charge in [-0.1, -0.05) is 46.6 Å². The van der Waals surface area contributed by atoms with Crippen LogP contribution in [-0.4, -0.2) is 57.6 Å². The lowest BCUT2D eigenvalue weighted by atomic mass is 10.1. The second-order valence-corrected chi connectivity index (χ2v) is 10.9. The van der Waals surface area contributed by atoms with Crippen molar-refractivity contribution in [3.63, 3.8) is 0 Å². The highest BCUT2D eigenvalue weighted by Crippen LogP contribution is 2.30. The van der Waals surface area contributed by atoms with Gasteiger partial charge in [0.2, 0.25) is 21.8 Å². The van der Waals surface area contributed by atoms with Gasteiger partial charge in [-0.2, -0.15) is 0 Å². The predicted molar refractivity (Wildman–Crippen MR) is 138 cm³/mol. The molecule has 2 amide bonds. The molecule has 0 spiro atoms. The van der Waals surface area contributed by atoms with Crippen molar-refractivity contribution in [3.05, 3.63) is 57.5 Å². The van der Waals surface area contributed by atoms with Crippen LogP contribution in [0.1, 0.15) is 25.8 Å². The molecule has 0 aliphatic rings. The predicted octanol–water partition coefficient (Wildman–Crippen LogP) is 3.82. The van der Waals surface area contributed by atoms with E-state index >= 15 is 0 Å². The summed E-state index contributed by atoms with van der Waals surface area (Å²) in [6, 6.07) is 11.0. The summed E-state index contributed by atoms with van der Waals surface area (Å²) in [6.45, 7) is 3.65. The third-order valence-electron chi connectivity index (χ3n) is 5.06. The normalized spacial score (nSPS) is 12.1. The molecule has 0 aliphatic heterocycles. The first-order valence-electron chi connectivity index (χ1n) is 10.6. The molecule has 1 atom stereocenters. The smallest absolute Gasteiger partial charge is 0.244 e. The van der Waals surface area contributed by atoms with Crippen molar-refractivity contribution in [1.29, 1.82) is 0 Å². The van der Waals surface area contributed by atoms with Gasteiger partial charge in [-0.15, -0.1) is 0 Å². The molecule has 34 heavy (non-hydrogen) atoms. The molecular weight excluding hydrogens is 546 g/mol. The molecule has 0 saturated heterocycles. The summed E-state index contributed by atoms with van der Waals surface area (Å²) in [4.78, 5) is 27.5. The van der Waals surface area contributed by atoms with Crippen LogP contribution in [0.25, 0.3) is 0 Å². The molecule has 186 valence electrons. The molecular formula is C23H29BrClN3O5S. The van der Waals surface area contributed by atoms with Crippen LogP contribution in [0.15, 0.2) is 46.9 Å². The van der Waals surface area contributed by atoms with E-state index in [0.29, 0.717) is 12.3 Å². The van der Waals surface area contributed by atoms with Crippen molar-refractivity contribution in [2.75, 3.05) is 30.8 Å². The number of benzene rings is 2. The molecule has 0 aliphatic carbocycles. The van der Waals surface area contributed by atoms with Gasteiger partial charge >= 0.3 is 0 Å². The molecule has 0 heterocycles. The number of anilines is 1. The molecule has 0 radical (unpaired) electrons. The zero-order valence-corrected chi connectivity index (χ0v) is 22.7. The third kappa shape index (κ3) is 7.61. The van der Waals surface area contributed by atoms with Crippen molar-refractivity contribution in [2.24, 2.45) is 0 Å². The van der Waals surface area contributed by atoms with E-state index in [9.17, 15) is 18.0 Å². The number of carbonyl (C=O) groups is 2. The highest BCUT2D eigenvalue weighted by atomic mass is 79.9. The molecule has 11 heteroatoms. The van der Waals surface area contributed by atoms with Crippen LogP contribution in [-0.2, 0) is 26.2 Å². The van der Waals surface area contributed by atoms with Crippen LogP contribution in [0.2, 0.25) is 5.02 Å². The van der Waals surface area contributed by atoms with Gasteiger partial charge in [0.1, 0.15) is 18.3 Å². The minimum Gasteiger partial charge on any atom is -0.495 e. The van der Waals surface area contributed by atoms with Crippen molar-refractivity contribution in [2.45, 2.75) is 32.9 Å². The molecule has 0 aromatic heterocycles. The lowest BCUT2D eigenvalue weighted by Crippen LogP contribution is -2.51. The molecule has 8 nitrogen and oxygen atoms in total. The first kappa shape index (κ1) is 27.9. The summed E-state index contributed by atoms with van der Waals surface area (Å²) >= 11 is 9.60. The topological polar surface area (TPSA) is 96.0 Å². The summed E-state index contributed by atoms with van der Waals surface area (Å²) < 4.78 is 32.1. The van der Waals surface area contributed by atoms with Crippen molar-refractivity contribution in [3.8, 4) is 5.75 Å². The van der Waals surface area contributed by atoms with Crippen LogP contribution in [0.4, 0.5) is 5.69 Å². The minimum absolute atomic E-state index is 0.125. The summed E-state index contributed by atoms with van der Waals surface area (Å²) in [7, 11) is -2.40. The van der Waals surface area contributed by atoms with Crippen LogP contribution in [0, 0.1) is 0 Å². The highest BCUT2D eigenvalue weighted by Gasteiger charge is 2.30. The molecule has 0 fully saturated rings. The van der Waals surface area contributed by atoms with Gasteiger partial charge in [-0.25, -0.2) is 8.42 Å². The lowest BCUT2D eigenvalue weighted by molar-refractivity contribution is -0.139. The van der Waals surface area contributed by atoms with E-state index < -0.39 is 28.5 Å². The highest BCUT2D eigenvalue weighted by molar-refractivity contribution is 9.10. The number of ether oxygens (including phenoxy) is 1. The summed E-state index contributed by atoms with van der Waals surface area (Å²) in [6.07, 6.45) is 1.76. The number of hydrogen-bond acceptors (Lipinski definition) is 5. The van der Waals surface area contributed by atoms with E-state index in [4.69, 9.17) is 16.3 Å². The number of amides is 2. The third-order valence-corrected chi connectivity index (χ3v) is 6.99. The molecule has 2 aromatic carbocycles. The number of nitrogens with one attached hydrogen (secondary N) is 1. The summed E-state index contributed by atoms with van der Waals surface area (Å²) in [5.41, 5.74) is 1.00. The summed E-state index contributed by atoms with van der Waals surface area (Å²) in [5, 5.41) is 3.00. The van der Waals surface area contributed by atoms with Crippen molar-refractivity contribution >= 4 is 55.1 Å². The molecule has 0 unspecified atom stereocenters. The van der Waals surface area contributed by atoms with Crippen LogP contribution < -0.4 is 14.4 Å². The Labute approximate surface area is 214 Å². The van der Waals surface area contributed by atoms with Crippen LogP contribution >= 0.6 is 27.5 Å². The standard InChI is InChI=1S/C23H29BrClN3O5S/c1-5-11-26-23(30)16(2)27(14-17-7-6-8-18(24)12-17)22(29)15-28(34(4,31)32)19-9-10-21(33-3)20(25)13-19/h6-10,12-13,16H,5,11,14-15H2,1-4H3,(H,26,30)/t16-/m1/s1. The fourth-order valence-corrected chi connectivity index (χ4v) is 4.77. The van der Waals surface area contributed by atoms with Gasteiger partial charge < -0.3 is 15.0 Å². The van der Waals surface area contributed by atoms with E-state index in [-0.39, 0.29) is 23.2 Å². The number of sulfonamides is 1. The maximum atomic E-state index is 13.5. The monoisotopic (exact) mass is 573 g/mol. The minimum atomic E-state index is -3.84. The zero-order valence-electron chi connectivity index (χ0n) is 19.5. The Kier molecular flexibility index (Phi) is 10.2.